The maximum Gasteiger partial charge on any atom is 0.209 e. The van der Waals surface area contributed by atoms with Crippen molar-refractivity contribution in [3.05, 3.63) is 39.3 Å². The first-order valence-corrected chi connectivity index (χ1v) is 10.8. The predicted octanol–water partition coefficient (Wildman–Crippen LogP) is 5.83. The van der Waals surface area contributed by atoms with E-state index in [0.29, 0.717) is 11.0 Å². The topological polar surface area (TPSA) is 45.5 Å². The minimum absolute atomic E-state index is 0.241. The van der Waals surface area contributed by atoms with Crippen molar-refractivity contribution in [1.29, 1.82) is 0 Å². The third kappa shape index (κ3) is 2.85. The van der Waals surface area contributed by atoms with E-state index in [1.807, 2.05) is 12.1 Å². The Morgan fingerprint density at radius 3 is 2.52 bits per heavy atom. The lowest BCUT2D eigenvalue weighted by molar-refractivity contribution is -0.00688. The van der Waals surface area contributed by atoms with Crippen LogP contribution in [0.4, 0.5) is 5.13 Å². The van der Waals surface area contributed by atoms with Crippen molar-refractivity contribution >= 4 is 38.6 Å². The highest BCUT2D eigenvalue weighted by atomic mass is 79.9. The molecule has 4 aliphatic rings. The highest BCUT2D eigenvalue weighted by Crippen LogP contribution is 2.60. The van der Waals surface area contributed by atoms with Gasteiger partial charge in [0.1, 0.15) is 5.75 Å². The van der Waals surface area contributed by atoms with Gasteiger partial charge in [-0.2, -0.15) is 0 Å². The number of hydrogen-bond acceptors (Lipinski definition) is 4. The fraction of sp³-hybridized carbons (Fsp3) is 0.500. The molecule has 0 radical (unpaired) electrons. The number of aliphatic imine (C=N–C) groups is 1. The zero-order chi connectivity index (χ0) is 17.0. The molecule has 0 amide bonds. The summed E-state index contributed by atoms with van der Waals surface area (Å²) in [7, 11) is 0. The average molecular weight is 417 g/mol. The van der Waals surface area contributed by atoms with Crippen molar-refractivity contribution in [1.82, 2.24) is 4.98 Å². The van der Waals surface area contributed by atoms with Crippen LogP contribution in [-0.4, -0.2) is 16.3 Å². The number of aromatic hydroxyl groups is 1. The Bertz CT molecular complexity index is 809. The number of rotatable bonds is 3. The van der Waals surface area contributed by atoms with Crippen molar-refractivity contribution in [2.45, 2.75) is 43.9 Å². The molecule has 4 saturated carbocycles. The summed E-state index contributed by atoms with van der Waals surface area (Å²) in [6.07, 6.45) is 10.1. The second-order valence-electron chi connectivity index (χ2n) is 8.17. The lowest BCUT2D eigenvalue weighted by Gasteiger charge is -2.56. The average Bonchev–Trinajstić information content (AvgIpc) is 3.04. The largest absolute Gasteiger partial charge is 0.507 e. The van der Waals surface area contributed by atoms with E-state index in [1.54, 1.807) is 23.6 Å². The van der Waals surface area contributed by atoms with Crippen LogP contribution in [0.15, 0.2) is 33.0 Å². The van der Waals surface area contributed by atoms with E-state index in [9.17, 15) is 5.11 Å². The highest BCUT2D eigenvalue weighted by Gasteiger charge is 2.52. The normalized spacial score (nSPS) is 33.4. The van der Waals surface area contributed by atoms with Crippen LogP contribution in [0.25, 0.3) is 0 Å². The fourth-order valence-electron chi connectivity index (χ4n) is 5.75. The first-order valence-electron chi connectivity index (χ1n) is 9.08. The Labute approximate surface area is 160 Å². The maximum atomic E-state index is 9.94. The smallest absolute Gasteiger partial charge is 0.209 e. The molecular weight excluding hydrogens is 396 g/mol. The van der Waals surface area contributed by atoms with E-state index in [1.165, 1.54) is 44.2 Å². The van der Waals surface area contributed by atoms with Gasteiger partial charge in [0.25, 0.3) is 0 Å². The van der Waals surface area contributed by atoms with Crippen LogP contribution >= 0.6 is 27.3 Å². The lowest BCUT2D eigenvalue weighted by Crippen LogP contribution is -2.48. The molecule has 0 atom stereocenters. The molecule has 3 nitrogen and oxygen atoms in total. The molecule has 4 aliphatic carbocycles. The van der Waals surface area contributed by atoms with Gasteiger partial charge in [0.05, 0.1) is 5.69 Å². The van der Waals surface area contributed by atoms with Crippen LogP contribution < -0.4 is 0 Å². The highest BCUT2D eigenvalue weighted by molar-refractivity contribution is 9.10. The summed E-state index contributed by atoms with van der Waals surface area (Å²) in [5.41, 5.74) is 2.32. The minimum Gasteiger partial charge on any atom is -0.507 e. The Morgan fingerprint density at radius 1 is 1.16 bits per heavy atom. The second-order valence-corrected chi connectivity index (χ2v) is 9.93. The summed E-state index contributed by atoms with van der Waals surface area (Å²) >= 11 is 5.06. The Hall–Kier alpha value is -1.20. The molecule has 0 unspecified atom stereocenters. The monoisotopic (exact) mass is 416 g/mol. The van der Waals surface area contributed by atoms with Crippen molar-refractivity contribution in [2.75, 3.05) is 0 Å². The molecule has 0 aliphatic heterocycles. The quantitative estimate of drug-likeness (QED) is 0.639. The van der Waals surface area contributed by atoms with E-state index in [4.69, 9.17) is 4.98 Å². The van der Waals surface area contributed by atoms with Crippen LogP contribution in [0.1, 0.15) is 49.8 Å². The summed E-state index contributed by atoms with van der Waals surface area (Å²) in [5.74, 6) is 3.03. The first-order chi connectivity index (χ1) is 12.1. The molecule has 6 rings (SSSR count). The van der Waals surface area contributed by atoms with E-state index >= 15 is 0 Å². The van der Waals surface area contributed by atoms with E-state index in [2.05, 4.69) is 26.3 Å². The van der Waals surface area contributed by atoms with E-state index in [-0.39, 0.29) is 5.75 Å². The van der Waals surface area contributed by atoms with Gasteiger partial charge in [-0.1, -0.05) is 15.9 Å². The molecule has 1 heterocycles. The number of benzene rings is 1. The van der Waals surface area contributed by atoms with Gasteiger partial charge in [0, 0.05) is 27.0 Å². The van der Waals surface area contributed by atoms with Crippen LogP contribution in [0.3, 0.4) is 0 Å². The van der Waals surface area contributed by atoms with Crippen LogP contribution in [-0.2, 0) is 5.41 Å². The molecule has 0 saturated heterocycles. The van der Waals surface area contributed by atoms with Gasteiger partial charge in [0.2, 0.25) is 5.13 Å². The molecule has 2 aromatic rings. The lowest BCUT2D eigenvalue weighted by atomic mass is 9.49. The summed E-state index contributed by atoms with van der Waals surface area (Å²) in [6, 6.07) is 5.36. The third-order valence-electron chi connectivity index (χ3n) is 6.38. The van der Waals surface area contributed by atoms with Crippen molar-refractivity contribution in [3.8, 4) is 5.75 Å². The van der Waals surface area contributed by atoms with Crippen molar-refractivity contribution in [3.63, 3.8) is 0 Å². The number of phenolic OH excluding ortho intramolecular Hbond substituents is 1. The molecule has 1 N–H and O–H groups in total. The molecule has 130 valence electrons. The second kappa shape index (κ2) is 5.92. The van der Waals surface area contributed by atoms with Gasteiger partial charge in [-0.25, -0.2) is 9.98 Å². The molecular formula is C20H21BrN2OS. The molecule has 5 heteroatoms. The molecule has 4 fully saturated rings. The zero-order valence-electron chi connectivity index (χ0n) is 14.0. The van der Waals surface area contributed by atoms with Gasteiger partial charge in [-0.15, -0.1) is 11.3 Å². The maximum absolute atomic E-state index is 9.94. The number of hydrogen-bond donors (Lipinski definition) is 1. The van der Waals surface area contributed by atoms with Crippen molar-refractivity contribution in [2.24, 2.45) is 22.7 Å². The predicted molar refractivity (Wildman–Crippen MR) is 105 cm³/mol. The van der Waals surface area contributed by atoms with Crippen LogP contribution in [0, 0.1) is 17.8 Å². The number of aromatic nitrogens is 1. The molecule has 0 spiro atoms. The van der Waals surface area contributed by atoms with Gasteiger partial charge in [-0.3, -0.25) is 0 Å². The van der Waals surface area contributed by atoms with Gasteiger partial charge < -0.3 is 5.11 Å². The Balaban J connectivity index is 1.41. The standard InChI is InChI=1S/C20H21BrN2OS/c21-16-1-2-17(24)15(6-16)10-22-19-23-18(11-25-19)20-7-12-3-13(8-20)5-14(4-12)9-20/h1-2,6,10-14,24H,3-5,7-9H2/b22-10+. The number of thiazole rings is 1. The molecule has 1 aromatic heterocycles. The SMILES string of the molecule is Oc1ccc(Br)cc1/C=N/c1nc(C23CC4CC(CC(C4)C2)C3)cs1. The Morgan fingerprint density at radius 2 is 1.84 bits per heavy atom. The minimum atomic E-state index is 0.241. The van der Waals surface area contributed by atoms with E-state index in [0.717, 1.165) is 27.4 Å². The summed E-state index contributed by atoms with van der Waals surface area (Å²) < 4.78 is 0.931. The molecule has 4 bridgehead atoms. The summed E-state index contributed by atoms with van der Waals surface area (Å²) in [5, 5.41) is 13.0. The van der Waals surface area contributed by atoms with Crippen LogP contribution in [0.5, 0.6) is 5.75 Å². The summed E-state index contributed by atoms with van der Waals surface area (Å²) in [6.45, 7) is 0. The number of halogens is 1. The molecule has 1 aromatic carbocycles. The van der Waals surface area contributed by atoms with Gasteiger partial charge in [-0.05, 0) is 74.5 Å². The Kier molecular flexibility index (Phi) is 3.79. The van der Waals surface area contributed by atoms with Gasteiger partial charge >= 0.3 is 0 Å². The summed E-state index contributed by atoms with van der Waals surface area (Å²) in [4.78, 5) is 9.42. The van der Waals surface area contributed by atoms with Crippen LogP contribution in [0.2, 0.25) is 0 Å². The number of nitrogens with zero attached hydrogens (tertiary/aromatic N) is 2. The van der Waals surface area contributed by atoms with Gasteiger partial charge in [0.15, 0.2) is 0 Å². The first kappa shape index (κ1) is 16.0. The zero-order valence-corrected chi connectivity index (χ0v) is 16.4. The number of phenols is 1. The molecule has 25 heavy (non-hydrogen) atoms. The fourth-order valence-corrected chi connectivity index (χ4v) is 6.91. The van der Waals surface area contributed by atoms with Crippen molar-refractivity contribution < 1.29 is 5.11 Å². The van der Waals surface area contributed by atoms with E-state index < -0.39 is 0 Å². The third-order valence-corrected chi connectivity index (χ3v) is 7.62.